The van der Waals surface area contributed by atoms with E-state index in [4.69, 9.17) is 4.98 Å². The fourth-order valence-corrected chi connectivity index (χ4v) is 14.0. The smallest absolute Gasteiger partial charge is 0.220 e. The molecule has 312 valence electrons. The van der Waals surface area contributed by atoms with Crippen molar-refractivity contribution in [2.75, 3.05) is 0 Å². The van der Waals surface area contributed by atoms with Gasteiger partial charge in [-0.05, 0) is 52.2 Å². The number of rotatable bonds is 4. The normalized spacial score (nSPS) is 12.1. The van der Waals surface area contributed by atoms with Crippen LogP contribution < -0.4 is 0 Å². The average molecular weight is 898 g/mol. The maximum Gasteiger partial charge on any atom is 0.220 e. The maximum atomic E-state index is 12.1. The molecular formula is C61H31N5S2. The molecule has 15 aromatic rings. The van der Waals surface area contributed by atoms with Gasteiger partial charge in [0.2, 0.25) is 5.69 Å². The van der Waals surface area contributed by atoms with E-state index in [0.717, 1.165) is 98.1 Å². The molecule has 0 aliphatic carbocycles. The first kappa shape index (κ1) is 37.4. The zero-order valence-corrected chi connectivity index (χ0v) is 37.6. The molecule has 0 spiro atoms. The van der Waals surface area contributed by atoms with Crippen molar-refractivity contribution in [3.05, 3.63) is 205 Å². The topological polar surface area (TPSA) is 50.9 Å². The fraction of sp³-hybridized carbons (Fsp3) is 0. The van der Waals surface area contributed by atoms with Crippen LogP contribution in [0.3, 0.4) is 0 Å². The number of thiophene rings is 2. The molecule has 5 heterocycles. The van der Waals surface area contributed by atoms with Gasteiger partial charge in [0.15, 0.2) is 0 Å². The summed E-state index contributed by atoms with van der Waals surface area (Å²) in [7, 11) is 0. The maximum absolute atomic E-state index is 12.1. The summed E-state index contributed by atoms with van der Waals surface area (Å²) in [5.74, 6) is 0. The van der Waals surface area contributed by atoms with Crippen molar-refractivity contribution in [2.24, 2.45) is 0 Å². The monoisotopic (exact) mass is 897 g/mol. The molecule has 7 heteroatoms. The average Bonchev–Trinajstić information content (AvgIpc) is 4.16. The van der Waals surface area contributed by atoms with Crippen molar-refractivity contribution in [1.29, 1.82) is 5.26 Å². The Kier molecular flexibility index (Phi) is 7.61. The number of nitrogens with zero attached hydrogens (tertiary/aromatic N) is 5. The summed E-state index contributed by atoms with van der Waals surface area (Å²) >= 11 is 3.62. The highest BCUT2D eigenvalue weighted by atomic mass is 32.1. The molecule has 5 nitrogen and oxygen atoms in total. The molecule has 0 fully saturated rings. The summed E-state index contributed by atoms with van der Waals surface area (Å²) in [5.41, 5.74) is 10.3. The van der Waals surface area contributed by atoms with Gasteiger partial charge in [0.05, 0.1) is 55.8 Å². The molecule has 0 radical (unpaired) electrons. The fourth-order valence-electron chi connectivity index (χ4n) is 11.5. The lowest BCUT2D eigenvalue weighted by Crippen LogP contribution is -2.08. The zero-order chi connectivity index (χ0) is 44.8. The van der Waals surface area contributed by atoms with E-state index in [-0.39, 0.29) is 0 Å². The van der Waals surface area contributed by atoms with Gasteiger partial charge in [-0.2, -0.15) is 5.26 Å². The van der Waals surface area contributed by atoms with Crippen molar-refractivity contribution < 1.29 is 0 Å². The summed E-state index contributed by atoms with van der Waals surface area (Å²) in [5, 5.41) is 24.6. The highest BCUT2D eigenvalue weighted by Crippen LogP contribution is 2.55. The predicted octanol–water partition coefficient (Wildman–Crippen LogP) is 17.5. The van der Waals surface area contributed by atoms with Gasteiger partial charge in [-0.15, -0.1) is 22.7 Å². The van der Waals surface area contributed by atoms with Crippen LogP contribution in [0.4, 0.5) is 5.69 Å². The molecule has 0 saturated heterocycles. The van der Waals surface area contributed by atoms with Gasteiger partial charge >= 0.3 is 0 Å². The molecule has 0 saturated carbocycles. The summed E-state index contributed by atoms with van der Waals surface area (Å²) in [4.78, 5) is 9.64. The van der Waals surface area contributed by atoms with E-state index in [0.29, 0.717) is 16.8 Å². The molecule has 0 unspecified atom stereocenters. The first-order chi connectivity index (χ1) is 33.7. The Bertz CT molecular complexity index is 4660. The SMILES string of the molecule is [C-]#[N+]c1c(-c2ccccc2)c(C#N)c(-n2c3ccc4c5ccccc5sc4c3c3ccc4c5ccccc5sc4c32)c(-c2ccccc2)c1-n1c2cccc3c4ccccc4c4nccc1c4c32. The van der Waals surface area contributed by atoms with Crippen LogP contribution in [0.1, 0.15) is 5.56 Å². The second-order valence-corrected chi connectivity index (χ2v) is 19.6. The number of fused-ring (bicyclic) bond motifs is 14. The van der Waals surface area contributed by atoms with Crippen LogP contribution in [-0.2, 0) is 0 Å². The Labute approximate surface area is 396 Å². The van der Waals surface area contributed by atoms with Crippen LogP contribution in [0.15, 0.2) is 188 Å². The summed E-state index contributed by atoms with van der Waals surface area (Å²) in [6, 6.07) is 66.9. The Hall–Kier alpha value is -8.85. The van der Waals surface area contributed by atoms with E-state index in [1.54, 1.807) is 11.3 Å². The van der Waals surface area contributed by atoms with E-state index in [9.17, 15) is 11.8 Å². The highest BCUT2D eigenvalue weighted by Gasteiger charge is 2.33. The highest BCUT2D eigenvalue weighted by molar-refractivity contribution is 7.27. The van der Waals surface area contributed by atoms with Crippen molar-refractivity contribution >= 4 is 134 Å². The molecule has 0 bridgehead atoms. The number of hydrogen-bond donors (Lipinski definition) is 0. The number of aromatic nitrogens is 3. The van der Waals surface area contributed by atoms with Gasteiger partial charge in [-0.3, -0.25) is 4.98 Å². The van der Waals surface area contributed by atoms with Gasteiger partial charge in [0.1, 0.15) is 6.07 Å². The van der Waals surface area contributed by atoms with Gasteiger partial charge in [-0.1, -0.05) is 152 Å². The first-order valence-corrected chi connectivity index (χ1v) is 24.2. The Morgan fingerprint density at radius 3 is 1.75 bits per heavy atom. The predicted molar refractivity (Wildman–Crippen MR) is 287 cm³/mol. The van der Waals surface area contributed by atoms with E-state index in [2.05, 4.69) is 166 Å². The zero-order valence-electron chi connectivity index (χ0n) is 36.0. The van der Waals surface area contributed by atoms with E-state index >= 15 is 0 Å². The summed E-state index contributed by atoms with van der Waals surface area (Å²) < 4.78 is 9.50. The molecular weight excluding hydrogens is 867 g/mol. The van der Waals surface area contributed by atoms with Gasteiger partial charge in [0, 0.05) is 79.9 Å². The molecule has 0 aliphatic rings. The quantitative estimate of drug-likeness (QED) is 0.131. The second-order valence-electron chi connectivity index (χ2n) is 17.5. The largest absolute Gasteiger partial charge is 0.318 e. The number of hydrogen-bond acceptors (Lipinski definition) is 4. The van der Waals surface area contributed by atoms with Crippen LogP contribution in [0.5, 0.6) is 0 Å². The summed E-state index contributed by atoms with van der Waals surface area (Å²) in [6.07, 6.45) is 1.90. The Morgan fingerprint density at radius 1 is 0.456 bits per heavy atom. The first-order valence-electron chi connectivity index (χ1n) is 22.6. The lowest BCUT2D eigenvalue weighted by molar-refractivity contribution is 1.14. The number of pyridine rings is 1. The van der Waals surface area contributed by atoms with Crippen LogP contribution in [0.25, 0.3) is 144 Å². The van der Waals surface area contributed by atoms with E-state index < -0.39 is 0 Å². The third-order valence-electron chi connectivity index (χ3n) is 14.2. The third-order valence-corrected chi connectivity index (χ3v) is 16.6. The third kappa shape index (κ3) is 4.78. The molecule has 0 N–H and O–H groups in total. The Balaban J connectivity index is 1.25. The summed E-state index contributed by atoms with van der Waals surface area (Å²) in [6.45, 7) is 9.33. The van der Waals surface area contributed by atoms with E-state index in [1.165, 1.54) is 35.6 Å². The number of nitriles is 1. The van der Waals surface area contributed by atoms with Crippen molar-refractivity contribution in [2.45, 2.75) is 0 Å². The van der Waals surface area contributed by atoms with E-state index in [1.807, 2.05) is 53.9 Å². The van der Waals surface area contributed by atoms with Gasteiger partial charge in [0.25, 0.3) is 0 Å². The van der Waals surface area contributed by atoms with Gasteiger partial charge in [-0.25, -0.2) is 4.85 Å². The second kappa shape index (κ2) is 13.8. The lowest BCUT2D eigenvalue weighted by atomic mass is 9.88. The molecule has 5 aromatic heterocycles. The van der Waals surface area contributed by atoms with Crippen LogP contribution in [0.2, 0.25) is 0 Å². The minimum atomic E-state index is 0.411. The molecule has 0 aliphatic heterocycles. The molecule has 10 aromatic carbocycles. The minimum Gasteiger partial charge on any atom is -0.318 e. The van der Waals surface area contributed by atoms with Crippen molar-refractivity contribution in [3.8, 4) is 39.7 Å². The minimum absolute atomic E-state index is 0.411. The van der Waals surface area contributed by atoms with Crippen LogP contribution in [-0.4, -0.2) is 14.1 Å². The Morgan fingerprint density at radius 2 is 1.03 bits per heavy atom. The van der Waals surface area contributed by atoms with Gasteiger partial charge < -0.3 is 9.13 Å². The molecule has 68 heavy (non-hydrogen) atoms. The van der Waals surface area contributed by atoms with Crippen molar-refractivity contribution in [3.63, 3.8) is 0 Å². The molecule has 15 rings (SSSR count). The lowest BCUT2D eigenvalue weighted by Gasteiger charge is -2.25. The van der Waals surface area contributed by atoms with Crippen molar-refractivity contribution in [1.82, 2.24) is 14.1 Å². The number of benzene rings is 10. The van der Waals surface area contributed by atoms with Crippen LogP contribution >= 0.6 is 22.7 Å². The standard InChI is InChI=1S/C61H31N5S2/c1-63-56-50(34-15-4-2-5-16-34)44(33-62)57(51(35-17-6-3-7-18-35)59(56)65-45-24-14-23-39-36-19-8-9-22-40(36)55-54(52(39)45)47(65)31-32-64-55)66-46-30-29-41-37-20-10-12-25-48(37)67-60(41)53(46)43-28-27-42-38-21-11-13-26-49(38)68-61(42)58(43)66/h2-32H. The van der Waals surface area contributed by atoms with Crippen LogP contribution in [0, 0.1) is 17.9 Å². The molecule has 0 amide bonds. The molecule has 0 atom stereocenters.